The maximum atomic E-state index is 13.3. The summed E-state index contributed by atoms with van der Waals surface area (Å²) >= 11 is 6.23. The average molecular weight is 488 g/mol. The second-order valence-corrected chi connectivity index (χ2v) is 9.73. The van der Waals surface area contributed by atoms with Crippen molar-refractivity contribution in [1.82, 2.24) is 20.5 Å². The Bertz CT molecular complexity index is 1110. The Morgan fingerprint density at radius 1 is 1.24 bits per heavy atom. The molecule has 1 aromatic carbocycles. The molecular weight excluding hydrogens is 458 g/mol. The van der Waals surface area contributed by atoms with Gasteiger partial charge in [0, 0.05) is 24.9 Å². The van der Waals surface area contributed by atoms with E-state index in [0.717, 1.165) is 24.6 Å². The van der Waals surface area contributed by atoms with Gasteiger partial charge in [-0.05, 0) is 43.7 Å². The van der Waals surface area contributed by atoms with Crippen LogP contribution in [0.4, 0.5) is 0 Å². The number of primary amides is 1. The van der Waals surface area contributed by atoms with Crippen molar-refractivity contribution in [2.45, 2.75) is 50.6 Å². The van der Waals surface area contributed by atoms with Gasteiger partial charge in [0.25, 0.3) is 5.91 Å². The minimum absolute atomic E-state index is 0.133. The van der Waals surface area contributed by atoms with E-state index in [1.807, 2.05) is 6.07 Å². The van der Waals surface area contributed by atoms with Crippen LogP contribution >= 0.6 is 11.6 Å². The topological polar surface area (TPSA) is 137 Å². The third-order valence-corrected chi connectivity index (χ3v) is 7.07. The second kappa shape index (κ2) is 10.0. The Morgan fingerprint density at radius 3 is 2.65 bits per heavy atom. The zero-order valence-corrected chi connectivity index (χ0v) is 19.9. The van der Waals surface area contributed by atoms with Crippen molar-refractivity contribution < 1.29 is 19.2 Å². The van der Waals surface area contributed by atoms with Gasteiger partial charge < -0.3 is 26.3 Å². The minimum Gasteiger partial charge on any atom is -0.368 e. The first kappa shape index (κ1) is 24.1. The molecule has 4 amide bonds. The lowest BCUT2D eigenvalue weighted by atomic mass is 9.91. The molecule has 5 N–H and O–H groups in total. The summed E-state index contributed by atoms with van der Waals surface area (Å²) in [7, 11) is 1.58. The number of nitrogens with one attached hydrogen (secondary N) is 3. The van der Waals surface area contributed by atoms with Crippen molar-refractivity contribution in [2.24, 2.45) is 17.6 Å². The van der Waals surface area contributed by atoms with Crippen molar-refractivity contribution in [3.05, 3.63) is 35.0 Å². The molecule has 2 fully saturated rings. The predicted octanol–water partition coefficient (Wildman–Crippen LogP) is 1.95. The number of para-hydroxylation sites is 1. The fourth-order valence-electron chi connectivity index (χ4n) is 4.54. The number of piperidine rings is 1. The largest absolute Gasteiger partial charge is 0.368 e. The quantitative estimate of drug-likeness (QED) is 0.429. The molecule has 0 bridgehead atoms. The van der Waals surface area contributed by atoms with E-state index in [2.05, 4.69) is 15.6 Å². The van der Waals surface area contributed by atoms with Gasteiger partial charge in [-0.3, -0.25) is 19.2 Å². The Hall–Kier alpha value is -3.07. The number of hydrogen-bond donors (Lipinski definition) is 4. The van der Waals surface area contributed by atoms with E-state index in [-0.39, 0.29) is 24.2 Å². The molecule has 0 radical (unpaired) electrons. The van der Waals surface area contributed by atoms with Crippen molar-refractivity contribution in [2.75, 3.05) is 13.6 Å². The summed E-state index contributed by atoms with van der Waals surface area (Å²) in [5, 5.41) is 6.81. The van der Waals surface area contributed by atoms with Gasteiger partial charge in [-0.25, -0.2) is 0 Å². The first-order valence-electron chi connectivity index (χ1n) is 11.7. The maximum absolute atomic E-state index is 13.3. The van der Waals surface area contributed by atoms with E-state index >= 15 is 0 Å². The molecule has 10 heteroatoms. The van der Waals surface area contributed by atoms with Crippen LogP contribution in [0.3, 0.4) is 0 Å². The number of amides is 4. The van der Waals surface area contributed by atoms with Gasteiger partial charge in [-0.15, -0.1) is 0 Å². The van der Waals surface area contributed by atoms with Crippen molar-refractivity contribution >= 4 is 46.1 Å². The molecule has 2 aliphatic rings. The van der Waals surface area contributed by atoms with Gasteiger partial charge in [-0.2, -0.15) is 0 Å². The van der Waals surface area contributed by atoms with Crippen LogP contribution in [0.1, 0.15) is 49.0 Å². The summed E-state index contributed by atoms with van der Waals surface area (Å²) in [5.41, 5.74) is 6.54. The number of benzene rings is 1. The third kappa shape index (κ3) is 5.35. The number of fused-ring (bicyclic) bond motifs is 1. The van der Waals surface area contributed by atoms with Crippen molar-refractivity contribution in [3.8, 4) is 0 Å². The number of aromatic nitrogens is 1. The summed E-state index contributed by atoms with van der Waals surface area (Å²) in [4.78, 5) is 55.3. The summed E-state index contributed by atoms with van der Waals surface area (Å²) in [6.45, 7) is 0.609. The highest BCUT2D eigenvalue weighted by Gasteiger charge is 2.37. The van der Waals surface area contributed by atoms with Gasteiger partial charge in [0.15, 0.2) is 0 Å². The van der Waals surface area contributed by atoms with E-state index in [0.29, 0.717) is 41.5 Å². The highest BCUT2D eigenvalue weighted by molar-refractivity contribution is 6.35. The van der Waals surface area contributed by atoms with Crippen LogP contribution in [0, 0.1) is 11.8 Å². The lowest BCUT2D eigenvalue weighted by Gasteiger charge is -2.30. The van der Waals surface area contributed by atoms with E-state index in [4.69, 9.17) is 17.3 Å². The maximum Gasteiger partial charge on any atom is 0.270 e. The van der Waals surface area contributed by atoms with Crippen molar-refractivity contribution in [1.29, 1.82) is 0 Å². The van der Waals surface area contributed by atoms with E-state index in [1.54, 1.807) is 25.2 Å². The van der Waals surface area contributed by atoms with Crippen LogP contribution < -0.4 is 16.4 Å². The minimum atomic E-state index is -0.988. The fraction of sp³-hybridized carbons (Fsp3) is 0.500. The predicted molar refractivity (Wildman–Crippen MR) is 128 cm³/mol. The molecular formula is C24H30ClN5O4. The summed E-state index contributed by atoms with van der Waals surface area (Å²) < 4.78 is 0. The molecule has 1 saturated carbocycles. The summed E-state index contributed by atoms with van der Waals surface area (Å²) in [5.74, 6) is -1.67. The first-order valence-corrected chi connectivity index (χ1v) is 12.0. The van der Waals surface area contributed by atoms with Gasteiger partial charge in [-0.1, -0.05) is 36.6 Å². The molecule has 2 unspecified atom stereocenters. The molecule has 2 heterocycles. The Labute approximate surface area is 202 Å². The number of halogens is 1. The number of hydrogen-bond acceptors (Lipinski definition) is 4. The summed E-state index contributed by atoms with van der Waals surface area (Å²) in [6, 6.07) is 5.33. The van der Waals surface area contributed by atoms with Crippen LogP contribution in [0.25, 0.3) is 10.9 Å². The molecule has 2 aromatic rings. The lowest BCUT2D eigenvalue weighted by Crippen LogP contribution is -2.54. The zero-order chi connectivity index (χ0) is 24.4. The normalized spacial score (nSPS) is 19.8. The van der Waals surface area contributed by atoms with E-state index in [9.17, 15) is 19.2 Å². The third-order valence-electron chi connectivity index (χ3n) is 6.76. The molecule has 1 saturated heterocycles. The molecule has 1 aromatic heterocycles. The van der Waals surface area contributed by atoms with Crippen LogP contribution in [0.2, 0.25) is 5.02 Å². The van der Waals surface area contributed by atoms with Crippen LogP contribution in [-0.4, -0.2) is 59.2 Å². The van der Waals surface area contributed by atoms with Crippen LogP contribution in [0.5, 0.6) is 0 Å². The molecule has 4 rings (SSSR count). The van der Waals surface area contributed by atoms with E-state index < -0.39 is 23.9 Å². The van der Waals surface area contributed by atoms with Crippen molar-refractivity contribution in [3.63, 3.8) is 0 Å². The Morgan fingerprint density at radius 2 is 2.00 bits per heavy atom. The molecule has 1 aliphatic heterocycles. The molecule has 34 heavy (non-hydrogen) atoms. The zero-order valence-electron chi connectivity index (χ0n) is 19.1. The number of carbonyl (C=O) groups is 4. The van der Waals surface area contributed by atoms with Gasteiger partial charge in [0.05, 0.1) is 10.5 Å². The monoisotopic (exact) mass is 487 g/mol. The number of likely N-dealkylation sites (N-methyl/N-ethyl adjacent to an activating group) is 1. The Balaban J connectivity index is 1.50. The fourth-order valence-corrected chi connectivity index (χ4v) is 4.76. The highest BCUT2D eigenvalue weighted by Crippen LogP contribution is 2.35. The highest BCUT2D eigenvalue weighted by atomic mass is 35.5. The average Bonchev–Trinajstić information content (AvgIpc) is 3.52. The molecule has 9 nitrogen and oxygen atoms in total. The van der Waals surface area contributed by atoms with Crippen LogP contribution in [0.15, 0.2) is 24.3 Å². The lowest BCUT2D eigenvalue weighted by molar-refractivity contribution is -0.132. The summed E-state index contributed by atoms with van der Waals surface area (Å²) in [6.07, 6.45) is 4.07. The smallest absolute Gasteiger partial charge is 0.270 e. The number of aromatic amines is 1. The molecule has 3 atom stereocenters. The van der Waals surface area contributed by atoms with Crippen LogP contribution in [-0.2, 0) is 14.4 Å². The molecule has 1 aliphatic carbocycles. The number of nitrogens with two attached hydrogens (primary N) is 1. The first-order chi connectivity index (χ1) is 16.2. The molecule has 0 spiro atoms. The standard InChI is InChI=1S/C24H30ClN5O4/c1-30(24(34)18-11-14-4-2-6-16(25)20(14)28-18)19(10-13-7-8-13)23(33)29-17(21(26)31)12-15-5-3-9-27-22(15)32/h2,4,6,11,13,15,17,19,28H,3,5,7-10,12H2,1H3,(H2,26,31)(H,27,32)(H,29,33)/t15-,17?,19?/m0/s1. The number of carbonyl (C=O) groups excluding carboxylic acids is 4. The Kier molecular flexibility index (Phi) is 7.11. The molecule has 182 valence electrons. The number of rotatable bonds is 9. The van der Waals surface area contributed by atoms with Gasteiger partial charge in [0.1, 0.15) is 17.8 Å². The number of nitrogens with zero attached hydrogens (tertiary/aromatic N) is 1. The van der Waals surface area contributed by atoms with Gasteiger partial charge >= 0.3 is 0 Å². The second-order valence-electron chi connectivity index (χ2n) is 9.33. The number of H-pyrrole nitrogens is 1. The van der Waals surface area contributed by atoms with E-state index in [1.165, 1.54) is 4.90 Å². The SMILES string of the molecule is CN(C(=O)c1cc2cccc(Cl)c2[nH]1)C(CC1CC1)C(=O)NC(C[C@@H]1CCCNC1=O)C(N)=O. The van der Waals surface area contributed by atoms with Gasteiger partial charge in [0.2, 0.25) is 17.7 Å².